The van der Waals surface area contributed by atoms with Gasteiger partial charge in [0, 0.05) is 18.2 Å². The smallest absolute Gasteiger partial charge is 0.406 e. The Morgan fingerprint density at radius 3 is 2.41 bits per heavy atom. The predicted octanol–water partition coefficient (Wildman–Crippen LogP) is 5.80. The van der Waals surface area contributed by atoms with Crippen LogP contribution in [0.2, 0.25) is 0 Å². The van der Waals surface area contributed by atoms with Crippen LogP contribution < -0.4 is 10.1 Å². The number of amides is 1. The zero-order valence-corrected chi connectivity index (χ0v) is 16.9. The molecule has 8 heteroatoms. The number of unbranched alkanes of at least 4 members (excludes halogenated alkanes) is 6. The third kappa shape index (κ3) is 9.04. The highest BCUT2D eigenvalue weighted by Gasteiger charge is 2.38. The Morgan fingerprint density at radius 2 is 1.76 bits per heavy atom. The first-order valence-electron chi connectivity index (χ1n) is 10.3. The number of carbonyl (C=O) groups excluding carboxylic acids is 1. The Hall–Kier alpha value is -1.80. The lowest BCUT2D eigenvalue weighted by molar-refractivity contribution is -0.274. The molecule has 1 heterocycles. The van der Waals surface area contributed by atoms with Crippen LogP contribution in [-0.2, 0) is 14.3 Å². The number of anilines is 1. The van der Waals surface area contributed by atoms with E-state index in [0.29, 0.717) is 19.6 Å². The van der Waals surface area contributed by atoms with Crippen molar-refractivity contribution in [3.05, 3.63) is 24.3 Å². The molecule has 0 aliphatic carbocycles. The van der Waals surface area contributed by atoms with E-state index in [9.17, 15) is 18.0 Å². The van der Waals surface area contributed by atoms with Crippen molar-refractivity contribution in [3.63, 3.8) is 0 Å². The number of rotatable bonds is 12. The normalized spacial score (nSPS) is 16.0. The first kappa shape index (κ1) is 23.5. The summed E-state index contributed by atoms with van der Waals surface area (Å²) in [6.07, 6.45) is 3.84. The van der Waals surface area contributed by atoms with Crippen molar-refractivity contribution in [2.75, 3.05) is 18.5 Å². The molecule has 0 spiro atoms. The summed E-state index contributed by atoms with van der Waals surface area (Å²) in [7, 11) is 0. The van der Waals surface area contributed by atoms with Gasteiger partial charge in [-0.15, -0.1) is 13.2 Å². The minimum atomic E-state index is -4.78. The summed E-state index contributed by atoms with van der Waals surface area (Å²) in [5.41, 5.74) is 0.223. The molecule has 1 aromatic rings. The van der Waals surface area contributed by atoms with Crippen LogP contribution in [0.3, 0.4) is 0 Å². The molecule has 0 atom stereocenters. The van der Waals surface area contributed by atoms with E-state index in [1.54, 1.807) is 0 Å². The lowest BCUT2D eigenvalue weighted by Gasteiger charge is -2.27. The first-order chi connectivity index (χ1) is 13.8. The number of hydrogen-bond donors (Lipinski definition) is 1. The molecule has 5 nitrogen and oxygen atoms in total. The molecular weight excluding hydrogens is 387 g/mol. The average Bonchev–Trinajstić information content (AvgIpc) is 3.08. The van der Waals surface area contributed by atoms with Crippen LogP contribution in [0.4, 0.5) is 18.9 Å². The SMILES string of the molecule is CCCCCCCCCC1(CC(=O)Nc2cccc(OC(F)(F)F)c2)OCCO1. The molecule has 0 bridgehead atoms. The van der Waals surface area contributed by atoms with E-state index in [2.05, 4.69) is 17.0 Å². The molecule has 1 aliphatic rings. The number of benzene rings is 1. The van der Waals surface area contributed by atoms with Gasteiger partial charge in [0.05, 0.1) is 19.6 Å². The number of nitrogens with one attached hydrogen (secondary N) is 1. The zero-order chi connectivity index (χ0) is 21.2. The Balaban J connectivity index is 1.82. The number of hydrogen-bond acceptors (Lipinski definition) is 4. The molecule has 1 N–H and O–H groups in total. The second kappa shape index (κ2) is 11.4. The van der Waals surface area contributed by atoms with Gasteiger partial charge in [0.2, 0.25) is 5.91 Å². The molecule has 0 unspecified atom stereocenters. The van der Waals surface area contributed by atoms with Crippen LogP contribution in [0.1, 0.15) is 64.7 Å². The van der Waals surface area contributed by atoms with E-state index < -0.39 is 12.1 Å². The number of carbonyl (C=O) groups is 1. The van der Waals surface area contributed by atoms with Crippen LogP contribution >= 0.6 is 0 Å². The van der Waals surface area contributed by atoms with Crippen LogP contribution in [0.15, 0.2) is 24.3 Å². The fourth-order valence-electron chi connectivity index (χ4n) is 3.40. The maximum absolute atomic E-state index is 12.4. The third-order valence-corrected chi connectivity index (χ3v) is 4.76. The van der Waals surface area contributed by atoms with Crippen LogP contribution in [0, 0.1) is 0 Å². The van der Waals surface area contributed by atoms with Crippen molar-refractivity contribution in [2.45, 2.75) is 76.9 Å². The van der Waals surface area contributed by atoms with Gasteiger partial charge in [-0.05, 0) is 18.6 Å². The van der Waals surface area contributed by atoms with E-state index in [-0.39, 0.29) is 23.8 Å². The number of ether oxygens (including phenoxy) is 3. The maximum atomic E-state index is 12.4. The summed E-state index contributed by atoms with van der Waals surface area (Å²) in [6.45, 7) is 3.04. The topological polar surface area (TPSA) is 56.8 Å². The fraction of sp³-hybridized carbons (Fsp3) is 0.667. The van der Waals surface area contributed by atoms with Gasteiger partial charge in [0.1, 0.15) is 5.75 Å². The quantitative estimate of drug-likeness (QED) is 0.437. The maximum Gasteiger partial charge on any atom is 0.573 e. The van der Waals surface area contributed by atoms with Crippen molar-refractivity contribution in [2.24, 2.45) is 0 Å². The molecule has 2 rings (SSSR count). The molecular formula is C21H30F3NO4. The van der Waals surface area contributed by atoms with E-state index >= 15 is 0 Å². The molecule has 1 aromatic carbocycles. The highest BCUT2D eigenvalue weighted by molar-refractivity contribution is 5.91. The monoisotopic (exact) mass is 417 g/mol. The largest absolute Gasteiger partial charge is 0.573 e. The van der Waals surface area contributed by atoms with Gasteiger partial charge in [0.15, 0.2) is 5.79 Å². The van der Waals surface area contributed by atoms with Gasteiger partial charge < -0.3 is 19.5 Å². The number of halogens is 3. The zero-order valence-electron chi connectivity index (χ0n) is 16.9. The van der Waals surface area contributed by atoms with Crippen molar-refractivity contribution in [1.29, 1.82) is 0 Å². The number of alkyl halides is 3. The molecule has 0 saturated carbocycles. The Bertz CT molecular complexity index is 631. The third-order valence-electron chi connectivity index (χ3n) is 4.76. The molecule has 1 amide bonds. The average molecular weight is 417 g/mol. The summed E-state index contributed by atoms with van der Waals surface area (Å²) in [4.78, 5) is 12.4. The summed E-state index contributed by atoms with van der Waals surface area (Å²) in [5.74, 6) is -1.71. The Labute approximate surface area is 169 Å². The fourth-order valence-corrected chi connectivity index (χ4v) is 3.40. The molecule has 29 heavy (non-hydrogen) atoms. The van der Waals surface area contributed by atoms with Gasteiger partial charge in [-0.1, -0.05) is 51.5 Å². The minimum absolute atomic E-state index is 0.00676. The molecule has 164 valence electrons. The van der Waals surface area contributed by atoms with Crippen molar-refractivity contribution in [3.8, 4) is 5.75 Å². The summed E-state index contributed by atoms with van der Waals surface area (Å²) in [5, 5.41) is 2.60. The standard InChI is InChI=1S/C21H30F3NO4/c1-2-3-4-5-6-7-8-12-20(27-13-14-28-20)16-19(26)25-17-10-9-11-18(15-17)29-21(22,23)24/h9-11,15H,2-8,12-14,16H2,1H3,(H,25,26). The molecule has 1 saturated heterocycles. The summed E-state index contributed by atoms with van der Waals surface area (Å²) in [6, 6.07) is 5.19. The lowest BCUT2D eigenvalue weighted by Crippen LogP contribution is -2.35. The van der Waals surface area contributed by atoms with Crippen LogP contribution in [-0.4, -0.2) is 31.3 Å². The van der Waals surface area contributed by atoms with E-state index in [4.69, 9.17) is 9.47 Å². The van der Waals surface area contributed by atoms with Crippen molar-refractivity contribution < 1.29 is 32.2 Å². The van der Waals surface area contributed by atoms with E-state index in [1.807, 2.05) is 0 Å². The highest BCUT2D eigenvalue weighted by Crippen LogP contribution is 2.31. The van der Waals surface area contributed by atoms with Gasteiger partial charge in [0.25, 0.3) is 0 Å². The first-order valence-corrected chi connectivity index (χ1v) is 10.3. The second-order valence-electron chi connectivity index (χ2n) is 7.28. The highest BCUT2D eigenvalue weighted by atomic mass is 19.4. The predicted molar refractivity (Wildman–Crippen MR) is 104 cm³/mol. The lowest BCUT2D eigenvalue weighted by atomic mass is 10.0. The Morgan fingerprint density at radius 1 is 1.10 bits per heavy atom. The van der Waals surface area contributed by atoms with Crippen LogP contribution in [0.25, 0.3) is 0 Å². The summed E-state index contributed by atoms with van der Waals surface area (Å²) >= 11 is 0. The molecule has 0 aromatic heterocycles. The van der Waals surface area contributed by atoms with Crippen LogP contribution in [0.5, 0.6) is 5.75 Å². The Kier molecular flexibility index (Phi) is 9.23. The minimum Gasteiger partial charge on any atom is -0.406 e. The summed E-state index contributed by atoms with van der Waals surface area (Å²) < 4.78 is 52.4. The molecule has 0 radical (unpaired) electrons. The van der Waals surface area contributed by atoms with Gasteiger partial charge >= 0.3 is 6.36 Å². The van der Waals surface area contributed by atoms with Crippen molar-refractivity contribution >= 4 is 11.6 Å². The molecule has 1 fully saturated rings. The van der Waals surface area contributed by atoms with E-state index in [1.165, 1.54) is 43.9 Å². The van der Waals surface area contributed by atoms with E-state index in [0.717, 1.165) is 25.3 Å². The van der Waals surface area contributed by atoms with Gasteiger partial charge in [-0.2, -0.15) is 0 Å². The van der Waals surface area contributed by atoms with Gasteiger partial charge in [-0.25, -0.2) is 0 Å². The van der Waals surface area contributed by atoms with Crippen molar-refractivity contribution in [1.82, 2.24) is 0 Å². The molecule has 1 aliphatic heterocycles. The van der Waals surface area contributed by atoms with Gasteiger partial charge in [-0.3, -0.25) is 4.79 Å². The second-order valence-corrected chi connectivity index (χ2v) is 7.28.